The van der Waals surface area contributed by atoms with Crippen molar-refractivity contribution in [3.05, 3.63) is 0 Å². The van der Waals surface area contributed by atoms with Gasteiger partial charge in [-0.1, -0.05) is 6.92 Å². The molecule has 0 aromatic rings. The van der Waals surface area contributed by atoms with E-state index in [-0.39, 0.29) is 0 Å². The van der Waals surface area contributed by atoms with Crippen molar-refractivity contribution >= 4 is 5.97 Å². The van der Waals surface area contributed by atoms with Crippen molar-refractivity contribution in [3.8, 4) is 0 Å². The number of aliphatic carboxylic acids is 1. The van der Waals surface area contributed by atoms with E-state index in [0.29, 0.717) is 6.42 Å². The highest BCUT2D eigenvalue weighted by atomic mass is 16.4. The largest absolute Gasteiger partial charge is 0.481 e. The number of hydrogen-bond donors (Lipinski definition) is 1. The van der Waals surface area contributed by atoms with Crippen LogP contribution in [0.4, 0.5) is 0 Å². The van der Waals surface area contributed by atoms with Crippen LogP contribution < -0.4 is 0 Å². The van der Waals surface area contributed by atoms with E-state index in [1.807, 2.05) is 0 Å². The molecular weight excluding hydrogens is 178 g/mol. The highest BCUT2D eigenvalue weighted by molar-refractivity contribution is 5.66. The molecule has 1 fully saturated rings. The minimum absolute atomic E-state index is 0.324. The zero-order valence-corrected chi connectivity index (χ0v) is 9.04. The van der Waals surface area contributed by atoms with Crippen LogP contribution in [0.3, 0.4) is 0 Å². The van der Waals surface area contributed by atoms with Crippen molar-refractivity contribution in [1.29, 1.82) is 0 Å². The number of rotatable bonds is 8. The topological polar surface area (TPSA) is 40.5 Å². The number of carboxylic acids is 1. The zero-order chi connectivity index (χ0) is 10.4. The molecule has 0 bridgehead atoms. The third kappa shape index (κ3) is 4.61. The van der Waals surface area contributed by atoms with E-state index in [9.17, 15) is 4.79 Å². The van der Waals surface area contributed by atoms with Crippen LogP contribution in [0, 0.1) is 0 Å². The summed E-state index contributed by atoms with van der Waals surface area (Å²) in [5.41, 5.74) is 0. The van der Waals surface area contributed by atoms with E-state index in [0.717, 1.165) is 25.4 Å². The first-order chi connectivity index (χ1) is 6.74. The maximum Gasteiger partial charge on any atom is 0.303 e. The molecule has 1 aliphatic rings. The first-order valence-electron chi connectivity index (χ1n) is 5.70. The molecule has 14 heavy (non-hydrogen) atoms. The van der Waals surface area contributed by atoms with E-state index >= 15 is 0 Å². The van der Waals surface area contributed by atoms with Crippen LogP contribution in [0.5, 0.6) is 0 Å². The van der Waals surface area contributed by atoms with Crippen molar-refractivity contribution in [3.63, 3.8) is 0 Å². The first-order valence-corrected chi connectivity index (χ1v) is 5.70. The Bertz CT molecular complexity index is 178. The molecule has 0 radical (unpaired) electrons. The average Bonchev–Trinajstić information content (AvgIpc) is 2.93. The van der Waals surface area contributed by atoms with Crippen LogP contribution in [0.15, 0.2) is 0 Å². The summed E-state index contributed by atoms with van der Waals surface area (Å²) in [7, 11) is 0. The standard InChI is InChI=1S/C11H21NO2/c1-2-8-12(10-6-7-10)9-4-3-5-11(13)14/h10H,2-9H2,1H3,(H,13,14). The molecule has 82 valence electrons. The minimum Gasteiger partial charge on any atom is -0.481 e. The van der Waals surface area contributed by atoms with Crippen LogP contribution in [0.2, 0.25) is 0 Å². The summed E-state index contributed by atoms with van der Waals surface area (Å²) in [5, 5.41) is 8.49. The van der Waals surface area contributed by atoms with Crippen LogP contribution in [0.1, 0.15) is 45.4 Å². The number of hydrogen-bond acceptors (Lipinski definition) is 2. The lowest BCUT2D eigenvalue weighted by atomic mass is 10.2. The summed E-state index contributed by atoms with van der Waals surface area (Å²) in [6.45, 7) is 4.47. The van der Waals surface area contributed by atoms with E-state index in [4.69, 9.17) is 5.11 Å². The average molecular weight is 199 g/mol. The van der Waals surface area contributed by atoms with Gasteiger partial charge in [-0.2, -0.15) is 0 Å². The fraction of sp³-hybridized carbons (Fsp3) is 0.909. The Morgan fingerprint density at radius 3 is 2.57 bits per heavy atom. The van der Waals surface area contributed by atoms with Gasteiger partial charge in [-0.05, 0) is 45.2 Å². The van der Waals surface area contributed by atoms with E-state index in [1.165, 1.54) is 25.8 Å². The van der Waals surface area contributed by atoms with Gasteiger partial charge < -0.3 is 10.0 Å². The molecule has 0 heterocycles. The Morgan fingerprint density at radius 2 is 2.07 bits per heavy atom. The Morgan fingerprint density at radius 1 is 1.36 bits per heavy atom. The van der Waals surface area contributed by atoms with Crippen molar-refractivity contribution in [2.45, 2.75) is 51.5 Å². The summed E-state index contributed by atoms with van der Waals surface area (Å²) < 4.78 is 0. The number of nitrogens with zero attached hydrogens (tertiary/aromatic N) is 1. The predicted octanol–water partition coefficient (Wildman–Crippen LogP) is 2.12. The maximum atomic E-state index is 10.3. The third-order valence-corrected chi connectivity index (χ3v) is 2.66. The Kier molecular flexibility index (Phi) is 4.94. The second-order valence-corrected chi connectivity index (χ2v) is 4.12. The van der Waals surface area contributed by atoms with Crippen LogP contribution >= 0.6 is 0 Å². The fourth-order valence-electron chi connectivity index (χ4n) is 1.79. The molecule has 3 nitrogen and oxygen atoms in total. The molecule has 1 N–H and O–H groups in total. The van der Waals surface area contributed by atoms with Gasteiger partial charge in [0.1, 0.15) is 0 Å². The highest BCUT2D eigenvalue weighted by Crippen LogP contribution is 2.27. The molecule has 0 spiro atoms. The van der Waals surface area contributed by atoms with Crippen LogP contribution in [-0.2, 0) is 4.79 Å². The van der Waals surface area contributed by atoms with Crippen LogP contribution in [0.25, 0.3) is 0 Å². The van der Waals surface area contributed by atoms with E-state index in [1.54, 1.807) is 0 Å². The highest BCUT2D eigenvalue weighted by Gasteiger charge is 2.27. The summed E-state index contributed by atoms with van der Waals surface area (Å²) in [6.07, 6.45) is 6.07. The predicted molar refractivity (Wildman–Crippen MR) is 56.4 cm³/mol. The molecule has 1 saturated carbocycles. The second kappa shape index (κ2) is 6.02. The molecule has 0 aliphatic heterocycles. The van der Waals surface area contributed by atoms with Crippen molar-refractivity contribution in [2.24, 2.45) is 0 Å². The molecule has 0 unspecified atom stereocenters. The molecule has 0 amide bonds. The van der Waals surface area contributed by atoms with Gasteiger partial charge >= 0.3 is 5.97 Å². The number of unbranched alkanes of at least 4 members (excludes halogenated alkanes) is 1. The van der Waals surface area contributed by atoms with Crippen molar-refractivity contribution in [2.75, 3.05) is 13.1 Å². The summed E-state index contributed by atoms with van der Waals surface area (Å²) in [4.78, 5) is 12.8. The molecule has 0 saturated heterocycles. The number of carboxylic acid groups (broad SMARTS) is 1. The molecule has 1 aliphatic carbocycles. The van der Waals surface area contributed by atoms with Gasteiger partial charge in [-0.3, -0.25) is 4.79 Å². The summed E-state index contributed by atoms with van der Waals surface area (Å²) in [5.74, 6) is -0.668. The third-order valence-electron chi connectivity index (χ3n) is 2.66. The van der Waals surface area contributed by atoms with Crippen LogP contribution in [-0.4, -0.2) is 35.1 Å². The van der Waals surface area contributed by atoms with Crippen molar-refractivity contribution < 1.29 is 9.90 Å². The Hall–Kier alpha value is -0.570. The van der Waals surface area contributed by atoms with Gasteiger partial charge in [0.15, 0.2) is 0 Å². The first kappa shape index (κ1) is 11.5. The van der Waals surface area contributed by atoms with Gasteiger partial charge in [0.25, 0.3) is 0 Å². The zero-order valence-electron chi connectivity index (χ0n) is 9.04. The molecule has 1 rings (SSSR count). The molecule has 0 aromatic carbocycles. The molecule has 0 atom stereocenters. The minimum atomic E-state index is -0.668. The lowest BCUT2D eigenvalue weighted by molar-refractivity contribution is -0.137. The van der Waals surface area contributed by atoms with Gasteiger partial charge in [0, 0.05) is 12.5 Å². The molecule has 0 aromatic heterocycles. The lowest BCUT2D eigenvalue weighted by Gasteiger charge is -2.20. The summed E-state index contributed by atoms with van der Waals surface area (Å²) in [6, 6.07) is 0.819. The van der Waals surface area contributed by atoms with Crippen molar-refractivity contribution in [1.82, 2.24) is 4.90 Å². The van der Waals surface area contributed by atoms with Gasteiger partial charge in [-0.25, -0.2) is 0 Å². The smallest absolute Gasteiger partial charge is 0.303 e. The monoisotopic (exact) mass is 199 g/mol. The molecular formula is C11H21NO2. The summed E-state index contributed by atoms with van der Waals surface area (Å²) >= 11 is 0. The fourth-order valence-corrected chi connectivity index (χ4v) is 1.79. The van der Waals surface area contributed by atoms with E-state index in [2.05, 4.69) is 11.8 Å². The Labute approximate surface area is 86.1 Å². The van der Waals surface area contributed by atoms with Gasteiger partial charge in [0.2, 0.25) is 0 Å². The SMILES string of the molecule is CCCN(CCCCC(=O)O)C1CC1. The number of carbonyl (C=O) groups is 1. The van der Waals surface area contributed by atoms with Gasteiger partial charge in [-0.15, -0.1) is 0 Å². The van der Waals surface area contributed by atoms with E-state index < -0.39 is 5.97 Å². The quantitative estimate of drug-likeness (QED) is 0.609. The normalized spacial score (nSPS) is 16.1. The second-order valence-electron chi connectivity index (χ2n) is 4.12. The maximum absolute atomic E-state index is 10.3. The lowest BCUT2D eigenvalue weighted by Crippen LogP contribution is -2.28. The van der Waals surface area contributed by atoms with Gasteiger partial charge in [0.05, 0.1) is 0 Å². The molecule has 3 heteroatoms. The Balaban J connectivity index is 2.04.